The molecule has 3 aromatic rings. The summed E-state index contributed by atoms with van der Waals surface area (Å²) in [4.78, 5) is 13.0. The van der Waals surface area contributed by atoms with Crippen LogP contribution >= 0.6 is 12.2 Å². The average molecular weight is 375 g/mol. The third-order valence-corrected chi connectivity index (χ3v) is 4.33. The van der Waals surface area contributed by atoms with E-state index in [1.165, 1.54) is 0 Å². The molecule has 0 saturated carbocycles. The van der Waals surface area contributed by atoms with Crippen LogP contribution in [0.4, 0.5) is 11.4 Å². The van der Waals surface area contributed by atoms with Crippen LogP contribution in [-0.4, -0.2) is 11.0 Å². The Bertz CT molecular complexity index is 913. The lowest BCUT2D eigenvalue weighted by molar-refractivity contribution is -0.117. The van der Waals surface area contributed by atoms with Gasteiger partial charge in [0.2, 0.25) is 0 Å². The van der Waals surface area contributed by atoms with Crippen molar-refractivity contribution < 1.29 is 4.79 Å². The number of carbonyl (C=O) groups is 1. The molecule has 27 heavy (non-hydrogen) atoms. The number of amides is 1. The molecule has 3 N–H and O–H groups in total. The summed E-state index contributed by atoms with van der Waals surface area (Å²) in [7, 11) is 0. The van der Waals surface area contributed by atoms with E-state index in [0.717, 1.165) is 22.5 Å². The molecule has 1 atom stereocenters. The Morgan fingerprint density at radius 2 is 1.41 bits per heavy atom. The standard InChI is InChI=1S/C22H21N3OS/c1-16-10-8-9-15-19(16)24-21(26)20(17-11-4-2-5-12-17)25-22(27)23-18-13-6-3-7-14-18/h2-15,20H,1H3,(H,24,26)(H2,23,25,27). The minimum absolute atomic E-state index is 0.173. The molecule has 1 amide bonds. The van der Waals surface area contributed by atoms with Crippen molar-refractivity contribution in [1.29, 1.82) is 0 Å². The van der Waals surface area contributed by atoms with Crippen LogP contribution in [0.1, 0.15) is 17.2 Å². The first-order chi connectivity index (χ1) is 13.1. The molecule has 3 aromatic carbocycles. The number of benzene rings is 3. The van der Waals surface area contributed by atoms with Gasteiger partial charge in [-0.1, -0.05) is 66.7 Å². The van der Waals surface area contributed by atoms with E-state index in [4.69, 9.17) is 12.2 Å². The monoisotopic (exact) mass is 375 g/mol. The zero-order valence-corrected chi connectivity index (χ0v) is 15.8. The average Bonchev–Trinajstić information content (AvgIpc) is 2.69. The Kier molecular flexibility index (Phi) is 6.18. The molecule has 0 fully saturated rings. The summed E-state index contributed by atoms with van der Waals surface area (Å²) in [5.74, 6) is -0.173. The van der Waals surface area contributed by atoms with Gasteiger partial charge in [-0.25, -0.2) is 0 Å². The van der Waals surface area contributed by atoms with E-state index in [1.807, 2.05) is 91.9 Å². The van der Waals surface area contributed by atoms with Gasteiger partial charge in [0.05, 0.1) is 0 Å². The fraction of sp³-hybridized carbons (Fsp3) is 0.0909. The van der Waals surface area contributed by atoms with Gasteiger partial charge in [-0.3, -0.25) is 4.79 Å². The molecule has 0 aromatic heterocycles. The molecule has 0 aliphatic carbocycles. The van der Waals surface area contributed by atoms with E-state index in [0.29, 0.717) is 5.11 Å². The summed E-state index contributed by atoms with van der Waals surface area (Å²) < 4.78 is 0. The third kappa shape index (κ3) is 5.15. The predicted octanol–water partition coefficient (Wildman–Crippen LogP) is 4.66. The summed E-state index contributed by atoms with van der Waals surface area (Å²) in [5.41, 5.74) is 3.48. The minimum Gasteiger partial charge on any atom is -0.347 e. The fourth-order valence-electron chi connectivity index (χ4n) is 2.68. The highest BCUT2D eigenvalue weighted by atomic mass is 32.1. The summed E-state index contributed by atoms with van der Waals surface area (Å²) in [6.45, 7) is 1.96. The second-order valence-electron chi connectivity index (χ2n) is 6.11. The molecule has 0 heterocycles. The highest BCUT2D eigenvalue weighted by Gasteiger charge is 2.22. The first-order valence-corrected chi connectivity index (χ1v) is 9.08. The second kappa shape index (κ2) is 8.96. The van der Waals surface area contributed by atoms with E-state index in [-0.39, 0.29) is 5.91 Å². The van der Waals surface area contributed by atoms with Crippen molar-refractivity contribution in [2.45, 2.75) is 13.0 Å². The molecule has 136 valence electrons. The number of nitrogens with one attached hydrogen (secondary N) is 3. The molecule has 0 radical (unpaired) electrons. The molecule has 0 saturated heterocycles. The van der Waals surface area contributed by atoms with Gasteiger partial charge in [-0.15, -0.1) is 0 Å². The van der Waals surface area contributed by atoms with Crippen LogP contribution in [0.25, 0.3) is 0 Å². The number of hydrogen-bond acceptors (Lipinski definition) is 2. The molecule has 4 nitrogen and oxygen atoms in total. The summed E-state index contributed by atoms with van der Waals surface area (Å²) in [5, 5.41) is 9.62. The normalized spacial score (nSPS) is 11.3. The van der Waals surface area contributed by atoms with Crippen molar-refractivity contribution in [1.82, 2.24) is 5.32 Å². The Labute approximate surface area is 164 Å². The van der Waals surface area contributed by atoms with Crippen molar-refractivity contribution in [2.75, 3.05) is 10.6 Å². The highest BCUT2D eigenvalue weighted by molar-refractivity contribution is 7.80. The van der Waals surface area contributed by atoms with Crippen molar-refractivity contribution >= 4 is 34.6 Å². The topological polar surface area (TPSA) is 53.2 Å². The molecule has 3 rings (SSSR count). The van der Waals surface area contributed by atoms with Gasteiger partial charge in [-0.2, -0.15) is 0 Å². The van der Waals surface area contributed by atoms with Crippen LogP contribution in [0.2, 0.25) is 0 Å². The summed E-state index contributed by atoms with van der Waals surface area (Å²) in [6, 6.07) is 26.2. The Hall–Kier alpha value is -3.18. The van der Waals surface area contributed by atoms with Crippen molar-refractivity contribution in [3.63, 3.8) is 0 Å². The van der Waals surface area contributed by atoms with Gasteiger partial charge in [0.1, 0.15) is 6.04 Å². The van der Waals surface area contributed by atoms with Gasteiger partial charge >= 0.3 is 0 Å². The van der Waals surface area contributed by atoms with Gasteiger partial charge in [0, 0.05) is 11.4 Å². The van der Waals surface area contributed by atoms with Gasteiger partial charge in [0.25, 0.3) is 5.91 Å². The van der Waals surface area contributed by atoms with Crippen molar-refractivity contribution in [2.24, 2.45) is 0 Å². The Morgan fingerprint density at radius 1 is 0.815 bits per heavy atom. The number of aryl methyl sites for hydroxylation is 1. The predicted molar refractivity (Wildman–Crippen MR) is 115 cm³/mol. The Balaban J connectivity index is 1.78. The van der Waals surface area contributed by atoms with Crippen LogP contribution in [0, 0.1) is 6.92 Å². The van der Waals surface area contributed by atoms with E-state index in [2.05, 4.69) is 16.0 Å². The van der Waals surface area contributed by atoms with Gasteiger partial charge in [-0.05, 0) is 48.5 Å². The quantitative estimate of drug-likeness (QED) is 0.568. The second-order valence-corrected chi connectivity index (χ2v) is 6.52. The number of anilines is 2. The van der Waals surface area contributed by atoms with E-state index in [1.54, 1.807) is 0 Å². The smallest absolute Gasteiger partial charge is 0.251 e. The molecule has 1 unspecified atom stereocenters. The first kappa shape index (κ1) is 18.6. The van der Waals surface area contributed by atoms with Crippen LogP contribution in [0.5, 0.6) is 0 Å². The maximum atomic E-state index is 13.0. The molecule has 0 bridgehead atoms. The zero-order chi connectivity index (χ0) is 19.1. The van der Waals surface area contributed by atoms with Gasteiger partial charge < -0.3 is 16.0 Å². The number of hydrogen-bond donors (Lipinski definition) is 3. The molecule has 0 aliphatic rings. The third-order valence-electron chi connectivity index (χ3n) is 4.11. The van der Waals surface area contributed by atoms with Gasteiger partial charge in [0.15, 0.2) is 5.11 Å². The molecule has 5 heteroatoms. The molecular weight excluding hydrogens is 354 g/mol. The SMILES string of the molecule is Cc1ccccc1NC(=O)C(NC(=S)Nc1ccccc1)c1ccccc1. The van der Waals surface area contributed by atoms with Crippen molar-refractivity contribution in [3.8, 4) is 0 Å². The lowest BCUT2D eigenvalue weighted by Gasteiger charge is -2.21. The fourth-order valence-corrected chi connectivity index (χ4v) is 2.92. The van der Waals surface area contributed by atoms with E-state index in [9.17, 15) is 4.79 Å². The number of thiocarbonyl (C=S) groups is 1. The van der Waals surface area contributed by atoms with Crippen LogP contribution in [0.3, 0.4) is 0 Å². The minimum atomic E-state index is -0.616. The van der Waals surface area contributed by atoms with Crippen molar-refractivity contribution in [3.05, 3.63) is 96.1 Å². The molecule has 0 spiro atoms. The Morgan fingerprint density at radius 3 is 2.07 bits per heavy atom. The zero-order valence-electron chi connectivity index (χ0n) is 15.0. The van der Waals surface area contributed by atoms with E-state index >= 15 is 0 Å². The maximum absolute atomic E-state index is 13.0. The number of rotatable bonds is 5. The highest BCUT2D eigenvalue weighted by Crippen LogP contribution is 2.19. The number of para-hydroxylation sites is 2. The first-order valence-electron chi connectivity index (χ1n) is 8.67. The lowest BCUT2D eigenvalue weighted by atomic mass is 10.1. The largest absolute Gasteiger partial charge is 0.347 e. The van der Waals surface area contributed by atoms with E-state index < -0.39 is 6.04 Å². The summed E-state index contributed by atoms with van der Waals surface area (Å²) in [6.07, 6.45) is 0. The van der Waals surface area contributed by atoms with Crippen LogP contribution in [0.15, 0.2) is 84.9 Å². The van der Waals surface area contributed by atoms with Crippen LogP contribution in [-0.2, 0) is 4.79 Å². The van der Waals surface area contributed by atoms with Crippen LogP contribution < -0.4 is 16.0 Å². The summed E-state index contributed by atoms with van der Waals surface area (Å²) >= 11 is 5.42. The lowest BCUT2D eigenvalue weighted by Crippen LogP contribution is -2.39. The maximum Gasteiger partial charge on any atom is 0.251 e. The number of carbonyl (C=O) groups excluding carboxylic acids is 1. The molecular formula is C22H21N3OS. The molecule has 0 aliphatic heterocycles.